The van der Waals surface area contributed by atoms with Gasteiger partial charge in [-0.1, -0.05) is 0 Å². The van der Waals surface area contributed by atoms with Crippen molar-refractivity contribution in [3.63, 3.8) is 0 Å². The van der Waals surface area contributed by atoms with E-state index in [2.05, 4.69) is 5.73 Å². The van der Waals surface area contributed by atoms with Crippen LogP contribution < -0.4 is 5.73 Å². The normalized spacial score (nSPS) is 18.5. The number of halogens is 6. The number of hydrogen-bond donors (Lipinski definition) is 1. The summed E-state index contributed by atoms with van der Waals surface area (Å²) in [5, 5.41) is 0. The monoisotopic (exact) mass is 195 g/mol. The second-order valence-electron chi connectivity index (χ2n) is 2.51. The Balaban J connectivity index is 4.75. The van der Waals surface area contributed by atoms with Gasteiger partial charge >= 0.3 is 12.3 Å². The van der Waals surface area contributed by atoms with Gasteiger partial charge in [0.1, 0.15) is 5.54 Å². The third-order valence-corrected chi connectivity index (χ3v) is 1.45. The molecule has 0 aromatic heterocycles. The highest BCUT2D eigenvalue weighted by atomic mass is 19.3. The number of rotatable bonds is 3. The van der Waals surface area contributed by atoms with Gasteiger partial charge in [-0.2, -0.15) is 8.78 Å². The zero-order valence-electron chi connectivity index (χ0n) is 6.00. The van der Waals surface area contributed by atoms with Gasteiger partial charge in [0.05, 0.1) is 0 Å². The summed E-state index contributed by atoms with van der Waals surface area (Å²) < 4.78 is 70.9. The van der Waals surface area contributed by atoms with E-state index in [4.69, 9.17) is 0 Å². The molecule has 0 aromatic carbocycles. The van der Waals surface area contributed by atoms with Crippen molar-refractivity contribution in [3.05, 3.63) is 0 Å². The van der Waals surface area contributed by atoms with Crippen LogP contribution in [-0.4, -0.2) is 24.3 Å². The van der Waals surface area contributed by atoms with Crippen LogP contribution in [0.25, 0.3) is 0 Å². The van der Waals surface area contributed by atoms with E-state index in [9.17, 15) is 26.3 Å². The molecule has 7 heteroatoms. The average molecular weight is 195 g/mol. The zero-order chi connectivity index (χ0) is 10.2. The van der Waals surface area contributed by atoms with E-state index < -0.39 is 24.3 Å². The Kier molecular flexibility index (Phi) is 3.00. The van der Waals surface area contributed by atoms with Crippen molar-refractivity contribution in [1.82, 2.24) is 0 Å². The topological polar surface area (TPSA) is 26.0 Å². The molecule has 0 radical (unpaired) electrons. The fourth-order valence-electron chi connectivity index (χ4n) is 0.381. The summed E-state index contributed by atoms with van der Waals surface area (Å²) in [6.07, 6.45) is -7.90. The second-order valence-corrected chi connectivity index (χ2v) is 2.51. The molecule has 0 saturated carbocycles. The summed E-state index contributed by atoms with van der Waals surface area (Å²) in [5.41, 5.74) is 0.859. The van der Waals surface area contributed by atoms with E-state index in [0.717, 1.165) is 0 Å². The first-order valence-electron chi connectivity index (χ1n) is 2.87. The molecule has 2 N–H and O–H groups in total. The smallest absolute Gasteiger partial charge is 0.315 e. The third-order valence-electron chi connectivity index (χ3n) is 1.45. The zero-order valence-corrected chi connectivity index (χ0v) is 6.00. The number of alkyl halides is 6. The third kappa shape index (κ3) is 1.65. The molecule has 0 saturated heterocycles. The fourth-order valence-corrected chi connectivity index (χ4v) is 0.381. The van der Waals surface area contributed by atoms with Crippen LogP contribution in [0.5, 0.6) is 0 Å². The second kappa shape index (κ2) is 3.12. The van der Waals surface area contributed by atoms with E-state index in [1.807, 2.05) is 0 Å². The van der Waals surface area contributed by atoms with Gasteiger partial charge in [0, 0.05) is 0 Å². The Morgan fingerprint density at radius 3 is 1.42 bits per heavy atom. The maximum atomic E-state index is 12.2. The molecule has 0 aromatic rings. The summed E-state index contributed by atoms with van der Waals surface area (Å²) in [5.74, 6) is -4.89. The Morgan fingerprint density at radius 2 is 1.33 bits per heavy atom. The van der Waals surface area contributed by atoms with Crippen molar-refractivity contribution in [3.8, 4) is 0 Å². The Hall–Kier alpha value is -0.460. The minimum absolute atomic E-state index is 0.184. The molecule has 74 valence electrons. The molecule has 12 heavy (non-hydrogen) atoms. The van der Waals surface area contributed by atoms with Crippen LogP contribution in [-0.2, 0) is 0 Å². The molecule has 0 aliphatic carbocycles. The van der Waals surface area contributed by atoms with Crippen molar-refractivity contribution < 1.29 is 26.3 Å². The Labute approximate surface area is 64.5 Å². The predicted octanol–water partition coefficient (Wildman–Crippen LogP) is 1.87. The fraction of sp³-hybridized carbons (Fsp3) is 1.00. The van der Waals surface area contributed by atoms with Gasteiger partial charge in [0.15, 0.2) is 0 Å². The summed E-state index contributed by atoms with van der Waals surface area (Å²) >= 11 is 0. The minimum Gasteiger partial charge on any atom is -0.315 e. The first-order chi connectivity index (χ1) is 5.14. The molecule has 0 amide bonds. The molecule has 1 atom stereocenters. The summed E-state index contributed by atoms with van der Waals surface area (Å²) in [4.78, 5) is 0. The van der Waals surface area contributed by atoms with Gasteiger partial charge in [0.25, 0.3) is 6.43 Å². The molecule has 0 bridgehead atoms. The van der Waals surface area contributed by atoms with Gasteiger partial charge in [-0.3, -0.25) is 0 Å². The van der Waals surface area contributed by atoms with Crippen LogP contribution in [0, 0.1) is 0 Å². The van der Waals surface area contributed by atoms with Crippen molar-refractivity contribution in [2.75, 3.05) is 0 Å². The molecule has 0 fully saturated rings. The molecule has 0 heterocycles. The van der Waals surface area contributed by atoms with Gasteiger partial charge in [-0.25, -0.2) is 17.6 Å². The molecule has 1 nitrogen and oxygen atoms in total. The highest BCUT2D eigenvalue weighted by Crippen LogP contribution is 2.36. The highest BCUT2D eigenvalue weighted by molar-refractivity contribution is 4.97. The predicted molar refractivity (Wildman–Crippen MR) is 29.5 cm³/mol. The average Bonchev–Trinajstić information content (AvgIpc) is 1.86. The van der Waals surface area contributed by atoms with Crippen LogP contribution in [0.15, 0.2) is 0 Å². The molecule has 0 aliphatic heterocycles. The van der Waals surface area contributed by atoms with E-state index in [0.29, 0.717) is 0 Å². The Bertz CT molecular complexity index is 136. The van der Waals surface area contributed by atoms with E-state index in [1.165, 1.54) is 0 Å². The van der Waals surface area contributed by atoms with Crippen LogP contribution in [0.3, 0.4) is 0 Å². The molecule has 0 spiro atoms. The van der Waals surface area contributed by atoms with Gasteiger partial charge in [0.2, 0.25) is 0 Å². The molecular weight excluding hydrogens is 188 g/mol. The Morgan fingerprint density at radius 1 is 1.00 bits per heavy atom. The van der Waals surface area contributed by atoms with E-state index in [-0.39, 0.29) is 6.92 Å². The van der Waals surface area contributed by atoms with Crippen molar-refractivity contribution >= 4 is 0 Å². The summed E-state index contributed by atoms with van der Waals surface area (Å²) in [6.45, 7) is 0.184. The molecular formula is C5H7F6N. The van der Waals surface area contributed by atoms with Gasteiger partial charge < -0.3 is 5.73 Å². The first-order valence-corrected chi connectivity index (χ1v) is 2.87. The molecule has 0 rings (SSSR count). The molecule has 0 aliphatic rings. The minimum atomic E-state index is -4.89. The SMILES string of the molecule is CC(N)(C(F)F)C(F)(F)C(F)F. The maximum absolute atomic E-state index is 12.2. The largest absolute Gasteiger partial charge is 0.330 e. The quantitative estimate of drug-likeness (QED) is 0.683. The van der Waals surface area contributed by atoms with Crippen molar-refractivity contribution in [1.29, 1.82) is 0 Å². The lowest BCUT2D eigenvalue weighted by molar-refractivity contribution is -0.200. The van der Waals surface area contributed by atoms with Crippen LogP contribution in [0.2, 0.25) is 0 Å². The lowest BCUT2D eigenvalue weighted by Gasteiger charge is -2.31. The van der Waals surface area contributed by atoms with Crippen LogP contribution in [0.4, 0.5) is 26.3 Å². The van der Waals surface area contributed by atoms with Crippen LogP contribution >= 0.6 is 0 Å². The van der Waals surface area contributed by atoms with Gasteiger partial charge in [-0.05, 0) is 6.92 Å². The highest BCUT2D eigenvalue weighted by Gasteiger charge is 2.60. The maximum Gasteiger partial charge on any atom is 0.330 e. The van der Waals surface area contributed by atoms with Crippen molar-refractivity contribution in [2.45, 2.75) is 31.2 Å². The summed E-state index contributed by atoms with van der Waals surface area (Å²) in [7, 11) is 0. The molecule has 1 unspecified atom stereocenters. The standard InChI is InChI=1S/C5H7F6N/c1-4(12,2(6)7)5(10,11)3(8)9/h2-3H,12H2,1H3. The van der Waals surface area contributed by atoms with E-state index >= 15 is 0 Å². The van der Waals surface area contributed by atoms with E-state index in [1.54, 1.807) is 0 Å². The number of nitrogens with two attached hydrogens (primary N) is 1. The first kappa shape index (κ1) is 11.5. The summed E-state index contributed by atoms with van der Waals surface area (Å²) in [6, 6.07) is 0. The van der Waals surface area contributed by atoms with Crippen LogP contribution in [0.1, 0.15) is 6.92 Å². The lowest BCUT2D eigenvalue weighted by atomic mass is 9.96. The van der Waals surface area contributed by atoms with Gasteiger partial charge in [-0.15, -0.1) is 0 Å². The lowest BCUT2D eigenvalue weighted by Crippen LogP contribution is -2.61. The number of hydrogen-bond acceptors (Lipinski definition) is 1. The van der Waals surface area contributed by atoms with Crippen molar-refractivity contribution in [2.24, 2.45) is 5.73 Å².